The molecule has 0 aliphatic heterocycles. The molecule has 0 aliphatic carbocycles. The van der Waals surface area contributed by atoms with Crippen molar-refractivity contribution < 1.29 is 36.1 Å². The number of hydrogen-bond acceptors (Lipinski definition) is 4. The van der Waals surface area contributed by atoms with Crippen molar-refractivity contribution in [1.82, 2.24) is 4.90 Å². The second-order valence-electron chi connectivity index (χ2n) is 9.24. The van der Waals surface area contributed by atoms with Crippen molar-refractivity contribution in [2.24, 2.45) is 0 Å². The van der Waals surface area contributed by atoms with Crippen molar-refractivity contribution in [3.05, 3.63) is 33.9 Å². The third-order valence-corrected chi connectivity index (χ3v) is 6.06. The SMILES string of the molecule is CCCCCN(C)C(=O)CCCCCCCCCN(CC(F)(F)F)c1ccc([N+](=O)[O-])c(C(F)(F)F)c1. The number of rotatable bonds is 17. The van der Waals surface area contributed by atoms with Crippen LogP contribution in [0.3, 0.4) is 0 Å². The summed E-state index contributed by atoms with van der Waals surface area (Å²) in [5, 5.41) is 10.9. The van der Waals surface area contributed by atoms with E-state index in [9.17, 15) is 41.3 Å². The molecule has 37 heavy (non-hydrogen) atoms. The van der Waals surface area contributed by atoms with E-state index >= 15 is 0 Å². The van der Waals surface area contributed by atoms with Gasteiger partial charge in [0.25, 0.3) is 5.69 Å². The molecule has 0 spiro atoms. The minimum atomic E-state index is -5.07. The molecule has 0 bridgehead atoms. The van der Waals surface area contributed by atoms with Crippen LogP contribution in [-0.4, -0.2) is 48.6 Å². The number of benzene rings is 1. The number of anilines is 1. The molecule has 0 saturated carbocycles. The molecule has 1 aromatic carbocycles. The Morgan fingerprint density at radius 3 is 2.00 bits per heavy atom. The lowest BCUT2D eigenvalue weighted by Crippen LogP contribution is -2.35. The Balaban J connectivity index is 2.50. The summed E-state index contributed by atoms with van der Waals surface area (Å²) in [4.78, 5) is 24.3. The number of halogens is 6. The van der Waals surface area contributed by atoms with Crippen LogP contribution >= 0.6 is 0 Å². The molecule has 0 aliphatic rings. The number of carbonyl (C=O) groups excluding carboxylic acids is 1. The van der Waals surface area contributed by atoms with Gasteiger partial charge in [-0.3, -0.25) is 14.9 Å². The highest BCUT2D eigenvalue weighted by molar-refractivity contribution is 5.75. The predicted molar refractivity (Wildman–Crippen MR) is 130 cm³/mol. The Labute approximate surface area is 214 Å². The Morgan fingerprint density at radius 2 is 1.46 bits per heavy atom. The van der Waals surface area contributed by atoms with Gasteiger partial charge in [0.1, 0.15) is 12.1 Å². The van der Waals surface area contributed by atoms with E-state index in [0.29, 0.717) is 31.4 Å². The van der Waals surface area contributed by atoms with E-state index in [2.05, 4.69) is 6.92 Å². The van der Waals surface area contributed by atoms with Crippen molar-refractivity contribution in [3.63, 3.8) is 0 Å². The van der Waals surface area contributed by atoms with E-state index in [0.717, 1.165) is 68.9 Å². The van der Waals surface area contributed by atoms with Gasteiger partial charge >= 0.3 is 12.4 Å². The number of alkyl halides is 6. The lowest BCUT2D eigenvalue weighted by Gasteiger charge is -2.26. The summed E-state index contributed by atoms with van der Waals surface area (Å²) < 4.78 is 79.0. The summed E-state index contributed by atoms with van der Waals surface area (Å²) in [5.41, 5.74) is -3.14. The van der Waals surface area contributed by atoms with Crippen LogP contribution in [0.4, 0.5) is 37.7 Å². The zero-order valence-corrected chi connectivity index (χ0v) is 21.5. The topological polar surface area (TPSA) is 66.7 Å². The lowest BCUT2D eigenvalue weighted by molar-refractivity contribution is -0.388. The first-order valence-electron chi connectivity index (χ1n) is 12.7. The molecule has 1 amide bonds. The molecule has 12 heteroatoms. The Morgan fingerprint density at radius 1 is 0.892 bits per heavy atom. The van der Waals surface area contributed by atoms with E-state index < -0.39 is 35.1 Å². The molecule has 0 unspecified atom stereocenters. The van der Waals surface area contributed by atoms with E-state index in [4.69, 9.17) is 0 Å². The third-order valence-electron chi connectivity index (χ3n) is 6.06. The zero-order valence-electron chi connectivity index (χ0n) is 21.5. The van der Waals surface area contributed by atoms with Crippen LogP contribution < -0.4 is 4.90 Å². The molecule has 0 saturated heterocycles. The summed E-state index contributed by atoms with van der Waals surface area (Å²) in [6.45, 7) is 1.28. The summed E-state index contributed by atoms with van der Waals surface area (Å²) >= 11 is 0. The van der Waals surface area contributed by atoms with Crippen LogP contribution in [0.15, 0.2) is 18.2 Å². The van der Waals surface area contributed by atoms with Gasteiger partial charge in [0.05, 0.1) is 4.92 Å². The van der Waals surface area contributed by atoms with Crippen molar-refractivity contribution in [1.29, 1.82) is 0 Å². The highest BCUT2D eigenvalue weighted by atomic mass is 19.4. The number of carbonyl (C=O) groups is 1. The molecule has 212 valence electrons. The van der Waals surface area contributed by atoms with Gasteiger partial charge in [-0.25, -0.2) is 0 Å². The van der Waals surface area contributed by atoms with Gasteiger partial charge in [0.15, 0.2) is 0 Å². The zero-order chi connectivity index (χ0) is 28.1. The maximum Gasteiger partial charge on any atom is 0.423 e. The fourth-order valence-electron chi connectivity index (χ4n) is 4.00. The quantitative estimate of drug-likeness (QED) is 0.0875. The number of amides is 1. The average Bonchev–Trinajstić information content (AvgIpc) is 2.80. The van der Waals surface area contributed by atoms with Gasteiger partial charge in [-0.1, -0.05) is 51.9 Å². The van der Waals surface area contributed by atoms with Crippen LogP contribution in [-0.2, 0) is 11.0 Å². The predicted octanol–water partition coefficient (Wildman–Crippen LogP) is 7.75. The highest BCUT2D eigenvalue weighted by Crippen LogP contribution is 2.38. The van der Waals surface area contributed by atoms with E-state index in [-0.39, 0.29) is 18.1 Å². The molecule has 0 atom stereocenters. The van der Waals surface area contributed by atoms with Crippen molar-refractivity contribution in [3.8, 4) is 0 Å². The maximum absolute atomic E-state index is 13.3. The first-order chi connectivity index (χ1) is 17.3. The third kappa shape index (κ3) is 13.0. The Bertz CT molecular complexity index is 846. The average molecular weight is 542 g/mol. The molecular weight excluding hydrogens is 504 g/mol. The van der Waals surface area contributed by atoms with E-state index in [1.165, 1.54) is 0 Å². The standard InChI is InChI=1S/C25H37F6N3O3/c1-3-4-11-16-32(2)23(35)13-10-8-6-5-7-9-12-17-33(19-24(26,27)28)20-14-15-22(34(36)37)21(18-20)25(29,30)31/h14-15,18H,3-13,16-17,19H2,1-2H3. The van der Waals surface area contributed by atoms with Gasteiger partial charge in [-0.05, 0) is 31.4 Å². The van der Waals surface area contributed by atoms with Crippen LogP contribution in [0.5, 0.6) is 0 Å². The summed E-state index contributed by atoms with van der Waals surface area (Å²) in [6, 6.07) is 1.92. The number of nitrogens with zero attached hydrogens (tertiary/aromatic N) is 3. The molecular formula is C25H37F6N3O3. The Kier molecular flexibility index (Phi) is 13.8. The molecule has 6 nitrogen and oxygen atoms in total. The number of nitro groups is 1. The van der Waals surface area contributed by atoms with Crippen molar-refractivity contribution in [2.75, 3.05) is 31.6 Å². The first kappa shape index (κ1) is 32.5. The van der Waals surface area contributed by atoms with Gasteiger partial charge in [0, 0.05) is 38.3 Å². The van der Waals surface area contributed by atoms with Gasteiger partial charge in [-0.15, -0.1) is 0 Å². The van der Waals surface area contributed by atoms with Crippen LogP contribution in [0.2, 0.25) is 0 Å². The molecule has 1 aromatic rings. The molecule has 0 aromatic heterocycles. The maximum atomic E-state index is 13.3. The molecule has 0 N–H and O–H groups in total. The normalized spacial score (nSPS) is 12.0. The van der Waals surface area contributed by atoms with E-state index in [1.807, 2.05) is 0 Å². The van der Waals surface area contributed by atoms with Gasteiger partial charge < -0.3 is 9.80 Å². The number of nitro benzene ring substituents is 1. The second-order valence-corrected chi connectivity index (χ2v) is 9.24. The summed E-state index contributed by atoms with van der Waals surface area (Å²) in [5.74, 6) is 0.126. The smallest absolute Gasteiger partial charge is 0.363 e. The lowest BCUT2D eigenvalue weighted by atomic mass is 10.1. The summed E-state index contributed by atoms with van der Waals surface area (Å²) in [6.07, 6.45) is -1.01. The van der Waals surface area contributed by atoms with Crippen LogP contribution in [0, 0.1) is 10.1 Å². The largest absolute Gasteiger partial charge is 0.423 e. The molecule has 0 fully saturated rings. The molecule has 1 rings (SSSR count). The number of unbranched alkanes of at least 4 members (excludes halogenated alkanes) is 8. The monoisotopic (exact) mass is 541 g/mol. The highest BCUT2D eigenvalue weighted by Gasteiger charge is 2.39. The van der Waals surface area contributed by atoms with Crippen molar-refractivity contribution >= 4 is 17.3 Å². The molecule has 0 heterocycles. The molecule has 0 radical (unpaired) electrons. The van der Waals surface area contributed by atoms with Gasteiger partial charge in [-0.2, -0.15) is 26.3 Å². The van der Waals surface area contributed by atoms with E-state index in [1.54, 1.807) is 11.9 Å². The summed E-state index contributed by atoms with van der Waals surface area (Å²) in [7, 11) is 1.81. The van der Waals surface area contributed by atoms with Crippen LogP contribution in [0.25, 0.3) is 0 Å². The van der Waals surface area contributed by atoms with Gasteiger partial charge in [0.2, 0.25) is 5.91 Å². The fraction of sp³-hybridized carbons (Fsp3) is 0.720. The minimum absolute atomic E-state index is 0.126. The minimum Gasteiger partial charge on any atom is -0.363 e. The number of hydrogen-bond donors (Lipinski definition) is 0. The van der Waals surface area contributed by atoms with Crippen LogP contribution in [0.1, 0.15) is 83.1 Å². The van der Waals surface area contributed by atoms with Crippen molar-refractivity contribution in [2.45, 2.75) is 89.9 Å². The fourth-order valence-corrected chi connectivity index (χ4v) is 4.00. The second kappa shape index (κ2) is 15.7. The Hall–Kier alpha value is -2.53. The first-order valence-corrected chi connectivity index (χ1v) is 12.7.